The standard InChI is InChI=1S/C13H15N3O2/c1-9(2)16-8-11(7-15-16)10-4-5-14-12(6-10)13(17)18-3/h4-9H,1-3H3. The van der Waals surface area contributed by atoms with E-state index >= 15 is 0 Å². The summed E-state index contributed by atoms with van der Waals surface area (Å²) in [6, 6.07) is 3.85. The molecule has 94 valence electrons. The van der Waals surface area contributed by atoms with Gasteiger partial charge >= 0.3 is 5.97 Å². The van der Waals surface area contributed by atoms with E-state index in [-0.39, 0.29) is 0 Å². The summed E-state index contributed by atoms with van der Waals surface area (Å²) in [5, 5.41) is 4.27. The first kappa shape index (κ1) is 12.3. The number of hydrogen-bond acceptors (Lipinski definition) is 4. The molecule has 0 saturated carbocycles. The SMILES string of the molecule is COC(=O)c1cc(-c2cnn(C(C)C)c2)ccn1. The zero-order valence-corrected chi connectivity index (χ0v) is 10.6. The number of carbonyl (C=O) groups is 1. The van der Waals surface area contributed by atoms with Crippen LogP contribution < -0.4 is 0 Å². The highest BCUT2D eigenvalue weighted by Crippen LogP contribution is 2.20. The lowest BCUT2D eigenvalue weighted by atomic mass is 10.1. The third-order valence-corrected chi connectivity index (χ3v) is 2.62. The Morgan fingerprint density at radius 1 is 1.39 bits per heavy atom. The van der Waals surface area contributed by atoms with Crippen LogP contribution in [0, 0.1) is 0 Å². The number of methoxy groups -OCH3 is 1. The molecule has 2 aromatic rings. The van der Waals surface area contributed by atoms with Crippen molar-refractivity contribution in [3.63, 3.8) is 0 Å². The number of aromatic nitrogens is 3. The zero-order chi connectivity index (χ0) is 13.1. The van der Waals surface area contributed by atoms with Crippen LogP contribution in [-0.2, 0) is 4.74 Å². The van der Waals surface area contributed by atoms with Gasteiger partial charge in [0.05, 0.1) is 13.3 Å². The second-order valence-electron chi connectivity index (χ2n) is 4.22. The molecule has 2 aromatic heterocycles. The molecule has 0 aromatic carbocycles. The summed E-state index contributed by atoms with van der Waals surface area (Å²) in [5.41, 5.74) is 2.15. The van der Waals surface area contributed by atoms with Crippen LogP contribution in [0.25, 0.3) is 11.1 Å². The van der Waals surface area contributed by atoms with E-state index in [0.717, 1.165) is 11.1 Å². The largest absolute Gasteiger partial charge is 0.464 e. The Labute approximate surface area is 105 Å². The van der Waals surface area contributed by atoms with Crippen molar-refractivity contribution >= 4 is 5.97 Å². The van der Waals surface area contributed by atoms with Crippen molar-refractivity contribution in [2.24, 2.45) is 0 Å². The highest BCUT2D eigenvalue weighted by molar-refractivity contribution is 5.88. The molecule has 2 heterocycles. The molecule has 0 bridgehead atoms. The predicted octanol–water partition coefficient (Wildman–Crippen LogP) is 2.31. The van der Waals surface area contributed by atoms with Crippen LogP contribution in [0.15, 0.2) is 30.7 Å². The van der Waals surface area contributed by atoms with Gasteiger partial charge in [0, 0.05) is 24.0 Å². The summed E-state index contributed by atoms with van der Waals surface area (Å²) >= 11 is 0. The van der Waals surface area contributed by atoms with Crippen LogP contribution >= 0.6 is 0 Å². The molecule has 0 N–H and O–H groups in total. The molecule has 5 nitrogen and oxygen atoms in total. The molecule has 0 aliphatic rings. The molecule has 0 atom stereocenters. The summed E-state index contributed by atoms with van der Waals surface area (Å²) in [7, 11) is 1.34. The van der Waals surface area contributed by atoms with E-state index in [2.05, 4.69) is 28.7 Å². The summed E-state index contributed by atoms with van der Waals surface area (Å²) < 4.78 is 6.52. The lowest BCUT2D eigenvalue weighted by Crippen LogP contribution is -2.03. The third kappa shape index (κ3) is 2.40. The average Bonchev–Trinajstić information content (AvgIpc) is 2.88. The summed E-state index contributed by atoms with van der Waals surface area (Å²) in [6.07, 6.45) is 5.31. The third-order valence-electron chi connectivity index (χ3n) is 2.62. The summed E-state index contributed by atoms with van der Waals surface area (Å²) in [6.45, 7) is 4.12. The number of ether oxygens (including phenoxy) is 1. The first-order chi connectivity index (χ1) is 8.61. The van der Waals surface area contributed by atoms with E-state index < -0.39 is 5.97 Å². The van der Waals surface area contributed by atoms with Gasteiger partial charge in [0.2, 0.25) is 0 Å². The van der Waals surface area contributed by atoms with E-state index in [0.29, 0.717) is 11.7 Å². The molecule has 18 heavy (non-hydrogen) atoms. The fourth-order valence-corrected chi connectivity index (χ4v) is 1.60. The topological polar surface area (TPSA) is 57.0 Å². The van der Waals surface area contributed by atoms with Crippen LogP contribution in [0.4, 0.5) is 0 Å². The molecule has 0 fully saturated rings. The van der Waals surface area contributed by atoms with Gasteiger partial charge in [-0.15, -0.1) is 0 Å². The molecule has 0 spiro atoms. The van der Waals surface area contributed by atoms with Crippen molar-refractivity contribution in [1.82, 2.24) is 14.8 Å². The Morgan fingerprint density at radius 2 is 2.17 bits per heavy atom. The Balaban J connectivity index is 2.35. The fraction of sp³-hybridized carbons (Fsp3) is 0.308. The lowest BCUT2D eigenvalue weighted by molar-refractivity contribution is 0.0594. The van der Waals surface area contributed by atoms with Gasteiger partial charge in [-0.2, -0.15) is 5.10 Å². The van der Waals surface area contributed by atoms with E-state index in [1.807, 2.05) is 16.9 Å². The maximum absolute atomic E-state index is 11.4. The monoisotopic (exact) mass is 245 g/mol. The van der Waals surface area contributed by atoms with Crippen molar-refractivity contribution in [2.75, 3.05) is 7.11 Å². The molecule has 5 heteroatoms. The number of rotatable bonds is 3. The van der Waals surface area contributed by atoms with Gasteiger partial charge in [-0.25, -0.2) is 9.78 Å². The van der Waals surface area contributed by atoms with Crippen molar-refractivity contribution in [1.29, 1.82) is 0 Å². The molecule has 0 radical (unpaired) electrons. The van der Waals surface area contributed by atoms with E-state index in [1.165, 1.54) is 7.11 Å². The number of nitrogens with zero attached hydrogens (tertiary/aromatic N) is 3. The minimum absolute atomic E-state index is 0.298. The van der Waals surface area contributed by atoms with Crippen LogP contribution in [0.5, 0.6) is 0 Å². The molecule has 2 rings (SSSR count). The quantitative estimate of drug-likeness (QED) is 0.779. The van der Waals surface area contributed by atoms with Gasteiger partial charge in [-0.3, -0.25) is 4.68 Å². The maximum atomic E-state index is 11.4. The summed E-state index contributed by atoms with van der Waals surface area (Å²) in [5.74, 6) is -0.437. The van der Waals surface area contributed by atoms with Gasteiger partial charge in [0.1, 0.15) is 5.69 Å². The van der Waals surface area contributed by atoms with E-state index in [4.69, 9.17) is 0 Å². The molecule has 0 amide bonds. The molecule has 0 saturated heterocycles. The minimum atomic E-state index is -0.437. The summed E-state index contributed by atoms with van der Waals surface area (Å²) in [4.78, 5) is 15.4. The zero-order valence-electron chi connectivity index (χ0n) is 10.6. The Morgan fingerprint density at radius 3 is 2.78 bits per heavy atom. The molecular formula is C13H15N3O2. The number of pyridine rings is 1. The molecule has 0 unspecified atom stereocenters. The second kappa shape index (κ2) is 5.00. The van der Waals surface area contributed by atoms with Gasteiger partial charge in [0.15, 0.2) is 0 Å². The second-order valence-corrected chi connectivity index (χ2v) is 4.22. The van der Waals surface area contributed by atoms with Gasteiger partial charge in [0.25, 0.3) is 0 Å². The van der Waals surface area contributed by atoms with E-state index in [1.54, 1.807) is 18.5 Å². The molecular weight excluding hydrogens is 230 g/mol. The highest BCUT2D eigenvalue weighted by Gasteiger charge is 2.10. The Kier molecular flexibility index (Phi) is 3.41. The number of esters is 1. The maximum Gasteiger partial charge on any atom is 0.356 e. The van der Waals surface area contributed by atoms with Gasteiger partial charge in [-0.05, 0) is 31.5 Å². The first-order valence-corrected chi connectivity index (χ1v) is 5.70. The van der Waals surface area contributed by atoms with Crippen molar-refractivity contribution in [3.8, 4) is 11.1 Å². The van der Waals surface area contributed by atoms with Crippen LogP contribution in [-0.4, -0.2) is 27.8 Å². The van der Waals surface area contributed by atoms with Gasteiger partial charge < -0.3 is 4.74 Å². The smallest absolute Gasteiger partial charge is 0.356 e. The number of hydrogen-bond donors (Lipinski definition) is 0. The predicted molar refractivity (Wildman–Crippen MR) is 67.2 cm³/mol. The van der Waals surface area contributed by atoms with Crippen LogP contribution in [0.1, 0.15) is 30.4 Å². The van der Waals surface area contributed by atoms with Crippen molar-refractivity contribution in [3.05, 3.63) is 36.4 Å². The normalized spacial score (nSPS) is 10.7. The molecule has 0 aliphatic carbocycles. The minimum Gasteiger partial charge on any atom is -0.464 e. The van der Waals surface area contributed by atoms with E-state index in [9.17, 15) is 4.79 Å². The lowest BCUT2D eigenvalue weighted by Gasteiger charge is -2.03. The van der Waals surface area contributed by atoms with Gasteiger partial charge in [-0.1, -0.05) is 0 Å². The Bertz CT molecular complexity index is 561. The van der Waals surface area contributed by atoms with Crippen molar-refractivity contribution < 1.29 is 9.53 Å². The van der Waals surface area contributed by atoms with Crippen LogP contribution in [0.2, 0.25) is 0 Å². The van der Waals surface area contributed by atoms with Crippen LogP contribution in [0.3, 0.4) is 0 Å². The highest BCUT2D eigenvalue weighted by atomic mass is 16.5. The fourth-order valence-electron chi connectivity index (χ4n) is 1.60. The Hall–Kier alpha value is -2.17. The molecule has 0 aliphatic heterocycles. The first-order valence-electron chi connectivity index (χ1n) is 5.70. The van der Waals surface area contributed by atoms with Crippen molar-refractivity contribution in [2.45, 2.75) is 19.9 Å². The number of carbonyl (C=O) groups excluding carboxylic acids is 1. The average molecular weight is 245 g/mol.